The van der Waals surface area contributed by atoms with E-state index in [1.54, 1.807) is 48.9 Å². The topological polar surface area (TPSA) is 87.7 Å². The first-order valence-corrected chi connectivity index (χ1v) is 8.66. The Hall–Kier alpha value is -2.60. The largest absolute Gasteiger partial charge is 0.507 e. The lowest BCUT2D eigenvalue weighted by Crippen LogP contribution is -2.02. The number of benzene rings is 2. The molecular formula is C17H16O5S. The molecule has 1 aromatic heterocycles. The summed E-state index contributed by atoms with van der Waals surface area (Å²) >= 11 is 0. The molecule has 5 nitrogen and oxygen atoms in total. The van der Waals surface area contributed by atoms with E-state index in [2.05, 4.69) is 0 Å². The van der Waals surface area contributed by atoms with Gasteiger partial charge in [-0.15, -0.1) is 0 Å². The fourth-order valence-electron chi connectivity index (χ4n) is 2.00. The van der Waals surface area contributed by atoms with E-state index in [0.717, 1.165) is 0 Å². The van der Waals surface area contributed by atoms with Gasteiger partial charge in [0.25, 0.3) is 0 Å². The molecule has 6 heteroatoms. The summed E-state index contributed by atoms with van der Waals surface area (Å²) in [5, 5.41) is 19.6. The van der Waals surface area contributed by atoms with E-state index in [-0.39, 0.29) is 22.5 Å². The molecule has 2 N–H and O–H groups in total. The minimum Gasteiger partial charge on any atom is -0.507 e. The van der Waals surface area contributed by atoms with Gasteiger partial charge in [-0.25, -0.2) is 0 Å². The predicted molar refractivity (Wildman–Crippen MR) is 91.2 cm³/mol. The van der Waals surface area contributed by atoms with Gasteiger partial charge in [0, 0.05) is 28.9 Å². The van der Waals surface area contributed by atoms with Gasteiger partial charge in [-0.1, -0.05) is 36.4 Å². The zero-order valence-corrected chi connectivity index (χ0v) is 13.5. The van der Waals surface area contributed by atoms with Crippen LogP contribution in [0.15, 0.2) is 57.7 Å². The number of phenols is 1. The monoisotopic (exact) mass is 332 g/mol. The second-order valence-corrected chi connectivity index (χ2v) is 6.35. The molecule has 0 aliphatic heterocycles. The molecule has 0 aliphatic carbocycles. The Morgan fingerprint density at radius 1 is 0.957 bits per heavy atom. The summed E-state index contributed by atoms with van der Waals surface area (Å²) in [6.45, 7) is 0. The number of hydrogen-bond acceptors (Lipinski definition) is 5. The van der Waals surface area contributed by atoms with Gasteiger partial charge < -0.3 is 14.6 Å². The van der Waals surface area contributed by atoms with Crippen molar-refractivity contribution in [1.82, 2.24) is 0 Å². The van der Waals surface area contributed by atoms with E-state index in [0.29, 0.717) is 5.56 Å². The summed E-state index contributed by atoms with van der Waals surface area (Å²) < 4.78 is 15.1. The van der Waals surface area contributed by atoms with Crippen LogP contribution in [0.5, 0.6) is 11.5 Å². The van der Waals surface area contributed by atoms with Crippen molar-refractivity contribution in [3.63, 3.8) is 0 Å². The van der Waals surface area contributed by atoms with Crippen molar-refractivity contribution in [3.8, 4) is 22.8 Å². The maximum absolute atomic E-state index is 12.1. The number of rotatable bonds is 1. The Balaban J connectivity index is 0.000000433. The molecule has 0 fully saturated rings. The molecule has 0 aliphatic rings. The molecule has 0 saturated carbocycles. The van der Waals surface area contributed by atoms with E-state index in [9.17, 15) is 19.2 Å². The van der Waals surface area contributed by atoms with Crippen LogP contribution in [0.25, 0.3) is 22.3 Å². The van der Waals surface area contributed by atoms with Crippen LogP contribution in [-0.4, -0.2) is 26.9 Å². The van der Waals surface area contributed by atoms with Crippen LogP contribution in [0, 0.1) is 0 Å². The van der Waals surface area contributed by atoms with E-state index in [4.69, 9.17) is 4.42 Å². The Labute approximate surface area is 135 Å². The van der Waals surface area contributed by atoms with Crippen molar-refractivity contribution < 1.29 is 18.8 Å². The Morgan fingerprint density at radius 3 is 2.17 bits per heavy atom. The molecule has 23 heavy (non-hydrogen) atoms. The van der Waals surface area contributed by atoms with Crippen molar-refractivity contribution in [1.29, 1.82) is 0 Å². The zero-order chi connectivity index (χ0) is 17.0. The third-order valence-electron chi connectivity index (χ3n) is 2.91. The van der Waals surface area contributed by atoms with Gasteiger partial charge in [-0.3, -0.25) is 9.00 Å². The van der Waals surface area contributed by atoms with Crippen molar-refractivity contribution in [2.24, 2.45) is 0 Å². The molecule has 3 aromatic rings. The first kappa shape index (κ1) is 16.8. The highest BCUT2D eigenvalue weighted by atomic mass is 32.2. The lowest BCUT2D eigenvalue weighted by molar-refractivity contribution is 0.445. The van der Waals surface area contributed by atoms with Crippen LogP contribution < -0.4 is 5.43 Å². The Bertz CT molecular complexity index is 896. The second-order valence-electron chi connectivity index (χ2n) is 4.87. The molecule has 0 unspecified atom stereocenters. The van der Waals surface area contributed by atoms with Gasteiger partial charge in [-0.05, 0) is 12.1 Å². The summed E-state index contributed by atoms with van der Waals surface area (Å²) in [6, 6.07) is 13.4. The first-order chi connectivity index (χ1) is 10.9. The van der Waals surface area contributed by atoms with Crippen molar-refractivity contribution in [3.05, 3.63) is 58.8 Å². The summed E-state index contributed by atoms with van der Waals surface area (Å²) in [5.74, 6) is -0.606. The molecule has 3 rings (SSSR count). The fraction of sp³-hybridized carbons (Fsp3) is 0.118. The molecular weight excluding hydrogens is 316 g/mol. The summed E-state index contributed by atoms with van der Waals surface area (Å²) in [6.07, 6.45) is 3.28. The quantitative estimate of drug-likeness (QED) is 0.715. The molecule has 0 atom stereocenters. The van der Waals surface area contributed by atoms with E-state index < -0.39 is 22.0 Å². The number of hydrogen-bond donors (Lipinski definition) is 2. The molecule has 120 valence electrons. The van der Waals surface area contributed by atoms with Gasteiger partial charge in [0.15, 0.2) is 5.76 Å². The zero-order valence-electron chi connectivity index (χ0n) is 12.6. The maximum atomic E-state index is 12.1. The average molecular weight is 332 g/mol. The van der Waals surface area contributed by atoms with Crippen LogP contribution in [0.4, 0.5) is 0 Å². The highest BCUT2D eigenvalue weighted by Gasteiger charge is 2.16. The molecule has 0 saturated heterocycles. The Kier molecular flexibility index (Phi) is 5.18. The minimum atomic E-state index is -0.641. The lowest BCUT2D eigenvalue weighted by Gasteiger charge is -2.06. The van der Waals surface area contributed by atoms with Crippen molar-refractivity contribution in [2.75, 3.05) is 12.5 Å². The van der Waals surface area contributed by atoms with E-state index >= 15 is 0 Å². The van der Waals surface area contributed by atoms with Crippen LogP contribution in [0.2, 0.25) is 0 Å². The van der Waals surface area contributed by atoms with Crippen LogP contribution in [0.1, 0.15) is 0 Å². The van der Waals surface area contributed by atoms with Gasteiger partial charge in [0.2, 0.25) is 11.2 Å². The number of phenolic OH excluding ortho intramolecular Hbond substituents is 1. The second kappa shape index (κ2) is 7.11. The molecule has 0 spiro atoms. The highest BCUT2D eigenvalue weighted by Crippen LogP contribution is 2.32. The molecule has 1 heterocycles. The average Bonchev–Trinajstić information content (AvgIpc) is 2.51. The highest BCUT2D eigenvalue weighted by molar-refractivity contribution is 7.83. The number of fused-ring (bicyclic) bond motifs is 1. The lowest BCUT2D eigenvalue weighted by atomic mass is 10.1. The van der Waals surface area contributed by atoms with Crippen LogP contribution in [-0.2, 0) is 10.8 Å². The summed E-state index contributed by atoms with van der Waals surface area (Å²) in [7, 11) is -0.611. The SMILES string of the molecule is CS(C)=O.O=c1c(O)c(-c2ccccc2)oc2cccc(O)c12. The van der Waals surface area contributed by atoms with Gasteiger partial charge in [0.05, 0.1) is 0 Å². The third kappa shape index (κ3) is 3.78. The van der Waals surface area contributed by atoms with Gasteiger partial charge in [-0.2, -0.15) is 0 Å². The molecule has 0 amide bonds. The summed E-state index contributed by atoms with van der Waals surface area (Å²) in [4.78, 5) is 12.1. The van der Waals surface area contributed by atoms with Gasteiger partial charge in [0.1, 0.15) is 16.7 Å². The molecule has 0 bridgehead atoms. The van der Waals surface area contributed by atoms with Crippen molar-refractivity contribution >= 4 is 21.8 Å². The third-order valence-corrected chi connectivity index (χ3v) is 2.91. The van der Waals surface area contributed by atoms with E-state index in [1.165, 1.54) is 6.07 Å². The normalized spacial score (nSPS) is 10.4. The van der Waals surface area contributed by atoms with E-state index in [1.807, 2.05) is 6.07 Å². The van der Waals surface area contributed by atoms with Crippen LogP contribution in [0.3, 0.4) is 0 Å². The molecule has 0 radical (unpaired) electrons. The fourth-order valence-corrected chi connectivity index (χ4v) is 2.00. The number of aromatic hydroxyl groups is 2. The maximum Gasteiger partial charge on any atom is 0.238 e. The Morgan fingerprint density at radius 2 is 1.57 bits per heavy atom. The van der Waals surface area contributed by atoms with Crippen molar-refractivity contribution in [2.45, 2.75) is 0 Å². The predicted octanol–water partition coefficient (Wildman–Crippen LogP) is 2.87. The van der Waals surface area contributed by atoms with Gasteiger partial charge >= 0.3 is 0 Å². The minimum absolute atomic E-state index is 0.0142. The molecule has 2 aromatic carbocycles. The van der Waals surface area contributed by atoms with Crippen LogP contribution >= 0.6 is 0 Å². The standard InChI is InChI=1S/C15H10O4.C2H6OS/c16-10-7-4-8-11-12(10)13(17)14(18)15(19-11)9-5-2-1-3-6-9;1-4(2)3/h1-8,16,18H;1-2H3. The first-order valence-electron chi connectivity index (χ1n) is 6.70. The summed E-state index contributed by atoms with van der Waals surface area (Å²) in [5.41, 5.74) is 0.196. The smallest absolute Gasteiger partial charge is 0.238 e.